The molecule has 1 aromatic rings. The van der Waals surface area contributed by atoms with Crippen molar-refractivity contribution in [2.75, 3.05) is 26.8 Å². The van der Waals surface area contributed by atoms with E-state index in [-0.39, 0.29) is 6.04 Å². The van der Waals surface area contributed by atoms with E-state index in [0.717, 1.165) is 17.6 Å². The lowest BCUT2D eigenvalue weighted by Crippen LogP contribution is -2.42. The van der Waals surface area contributed by atoms with Crippen LogP contribution in [-0.4, -0.2) is 37.7 Å². The number of hydrogen-bond acceptors (Lipinski definition) is 3. The molecule has 18 heavy (non-hydrogen) atoms. The zero-order valence-electron chi connectivity index (χ0n) is 11.4. The Morgan fingerprint density at radius 1 is 1.33 bits per heavy atom. The van der Waals surface area contributed by atoms with Crippen LogP contribution in [0.1, 0.15) is 25.5 Å². The van der Waals surface area contributed by atoms with Gasteiger partial charge >= 0.3 is 0 Å². The Bertz CT molecular complexity index is 342. The summed E-state index contributed by atoms with van der Waals surface area (Å²) in [7, 11) is 1.74. The molecule has 0 aliphatic heterocycles. The number of likely N-dealkylation sites (N-methyl/N-ethyl adjacent to an activating group) is 1. The molecule has 0 saturated heterocycles. The zero-order chi connectivity index (χ0) is 13.5. The van der Waals surface area contributed by atoms with Crippen molar-refractivity contribution in [2.45, 2.75) is 25.9 Å². The number of nitrogens with two attached hydrogens (primary N) is 1. The Morgan fingerprint density at radius 2 is 1.94 bits per heavy atom. The maximum absolute atomic E-state index is 5.96. The van der Waals surface area contributed by atoms with Gasteiger partial charge in [0.1, 0.15) is 0 Å². The quantitative estimate of drug-likeness (QED) is 0.841. The molecule has 0 aliphatic rings. The summed E-state index contributed by atoms with van der Waals surface area (Å²) in [6.07, 6.45) is 0. The van der Waals surface area contributed by atoms with Gasteiger partial charge < -0.3 is 10.5 Å². The SMILES string of the molecule is CCN(C(C)COC)C(CN)c1ccc(Br)cc1. The Balaban J connectivity index is 2.88. The summed E-state index contributed by atoms with van der Waals surface area (Å²) >= 11 is 3.46. The van der Waals surface area contributed by atoms with Crippen LogP contribution in [0.25, 0.3) is 0 Å². The fourth-order valence-corrected chi connectivity index (χ4v) is 2.59. The molecule has 0 aromatic heterocycles. The topological polar surface area (TPSA) is 38.5 Å². The van der Waals surface area contributed by atoms with Crippen LogP contribution >= 0.6 is 15.9 Å². The van der Waals surface area contributed by atoms with Gasteiger partial charge in [-0.1, -0.05) is 35.0 Å². The summed E-state index contributed by atoms with van der Waals surface area (Å²) < 4.78 is 6.34. The molecule has 0 heterocycles. The molecule has 3 nitrogen and oxygen atoms in total. The Hall–Kier alpha value is -0.420. The normalized spacial score (nSPS) is 14.8. The molecule has 0 aliphatic carbocycles. The van der Waals surface area contributed by atoms with E-state index in [4.69, 9.17) is 10.5 Å². The van der Waals surface area contributed by atoms with Crippen LogP contribution in [0.4, 0.5) is 0 Å². The van der Waals surface area contributed by atoms with E-state index < -0.39 is 0 Å². The van der Waals surface area contributed by atoms with E-state index in [1.54, 1.807) is 7.11 Å². The number of nitrogens with zero attached hydrogens (tertiary/aromatic N) is 1. The number of methoxy groups -OCH3 is 1. The number of hydrogen-bond donors (Lipinski definition) is 1. The molecule has 2 N–H and O–H groups in total. The first-order chi connectivity index (χ1) is 8.63. The first kappa shape index (κ1) is 15.6. The Morgan fingerprint density at radius 3 is 2.39 bits per heavy atom. The highest BCUT2D eigenvalue weighted by Crippen LogP contribution is 2.23. The maximum Gasteiger partial charge on any atom is 0.0615 e. The fourth-order valence-electron chi connectivity index (χ4n) is 2.32. The van der Waals surface area contributed by atoms with Gasteiger partial charge in [0, 0.05) is 30.2 Å². The smallest absolute Gasteiger partial charge is 0.0615 e. The van der Waals surface area contributed by atoms with Crippen LogP contribution in [0.3, 0.4) is 0 Å². The predicted molar refractivity (Wildman–Crippen MR) is 79.7 cm³/mol. The molecule has 0 radical (unpaired) electrons. The van der Waals surface area contributed by atoms with Gasteiger partial charge in [0.25, 0.3) is 0 Å². The van der Waals surface area contributed by atoms with E-state index in [9.17, 15) is 0 Å². The molecular weight excluding hydrogens is 292 g/mol. The molecule has 0 amide bonds. The fraction of sp³-hybridized carbons (Fsp3) is 0.571. The van der Waals surface area contributed by atoms with E-state index in [0.29, 0.717) is 12.6 Å². The van der Waals surface area contributed by atoms with Crippen molar-refractivity contribution >= 4 is 15.9 Å². The highest BCUT2D eigenvalue weighted by atomic mass is 79.9. The van der Waals surface area contributed by atoms with Gasteiger partial charge in [-0.05, 0) is 31.2 Å². The largest absolute Gasteiger partial charge is 0.383 e. The number of rotatable bonds is 7. The number of benzene rings is 1. The second kappa shape index (κ2) is 7.89. The Labute approximate surface area is 118 Å². The third kappa shape index (κ3) is 4.05. The van der Waals surface area contributed by atoms with Crippen molar-refractivity contribution < 1.29 is 4.74 Å². The second-order valence-corrected chi connectivity index (χ2v) is 5.35. The molecule has 0 spiro atoms. The average Bonchev–Trinajstić information content (AvgIpc) is 2.37. The molecule has 0 fully saturated rings. The van der Waals surface area contributed by atoms with Crippen LogP contribution in [0, 0.1) is 0 Å². The lowest BCUT2D eigenvalue weighted by atomic mass is 10.0. The minimum absolute atomic E-state index is 0.244. The van der Waals surface area contributed by atoms with Crippen LogP contribution in [-0.2, 0) is 4.74 Å². The van der Waals surface area contributed by atoms with Crippen LogP contribution in [0.15, 0.2) is 28.7 Å². The maximum atomic E-state index is 5.96. The third-order valence-electron chi connectivity index (χ3n) is 3.22. The first-order valence-corrected chi connectivity index (χ1v) is 7.13. The van der Waals surface area contributed by atoms with Crippen molar-refractivity contribution in [1.29, 1.82) is 0 Å². The highest BCUT2D eigenvalue weighted by Gasteiger charge is 2.22. The van der Waals surface area contributed by atoms with Crippen LogP contribution in [0.2, 0.25) is 0 Å². The van der Waals surface area contributed by atoms with Crippen molar-refractivity contribution in [3.05, 3.63) is 34.3 Å². The molecule has 102 valence electrons. The monoisotopic (exact) mass is 314 g/mol. The van der Waals surface area contributed by atoms with Crippen molar-refractivity contribution in [3.8, 4) is 0 Å². The Kier molecular flexibility index (Phi) is 6.86. The van der Waals surface area contributed by atoms with E-state index in [1.807, 2.05) is 0 Å². The third-order valence-corrected chi connectivity index (χ3v) is 3.75. The zero-order valence-corrected chi connectivity index (χ0v) is 13.0. The minimum Gasteiger partial charge on any atom is -0.383 e. The summed E-state index contributed by atoms with van der Waals surface area (Å²) in [4.78, 5) is 2.38. The standard InChI is InChI=1S/C14H23BrN2O/c1-4-17(11(2)10-18-3)14(9-16)12-5-7-13(15)8-6-12/h5-8,11,14H,4,9-10,16H2,1-3H3. The van der Waals surface area contributed by atoms with Gasteiger partial charge in [0.2, 0.25) is 0 Å². The van der Waals surface area contributed by atoms with E-state index in [2.05, 4.69) is 58.9 Å². The minimum atomic E-state index is 0.244. The molecule has 2 atom stereocenters. The predicted octanol–water partition coefficient (Wildman–Crippen LogP) is 2.81. The lowest BCUT2D eigenvalue weighted by molar-refractivity contribution is 0.0751. The van der Waals surface area contributed by atoms with Crippen molar-refractivity contribution in [2.24, 2.45) is 5.73 Å². The summed E-state index contributed by atoms with van der Waals surface area (Å²) in [6.45, 7) is 6.63. The van der Waals surface area contributed by atoms with Crippen LogP contribution in [0.5, 0.6) is 0 Å². The van der Waals surface area contributed by atoms with Gasteiger partial charge in [-0.15, -0.1) is 0 Å². The number of halogens is 1. The summed E-state index contributed by atoms with van der Waals surface area (Å²) in [6, 6.07) is 8.98. The van der Waals surface area contributed by atoms with E-state index in [1.165, 1.54) is 5.56 Å². The molecular formula is C14H23BrN2O. The molecule has 0 saturated carbocycles. The summed E-state index contributed by atoms with van der Waals surface area (Å²) in [5.41, 5.74) is 7.21. The van der Waals surface area contributed by atoms with Crippen molar-refractivity contribution in [3.63, 3.8) is 0 Å². The molecule has 0 bridgehead atoms. The highest BCUT2D eigenvalue weighted by molar-refractivity contribution is 9.10. The van der Waals surface area contributed by atoms with Crippen molar-refractivity contribution in [1.82, 2.24) is 4.90 Å². The van der Waals surface area contributed by atoms with Crippen LogP contribution < -0.4 is 5.73 Å². The van der Waals surface area contributed by atoms with Gasteiger partial charge in [-0.25, -0.2) is 0 Å². The van der Waals surface area contributed by atoms with Gasteiger partial charge in [-0.3, -0.25) is 4.90 Å². The second-order valence-electron chi connectivity index (χ2n) is 4.44. The van der Waals surface area contributed by atoms with Gasteiger partial charge in [-0.2, -0.15) is 0 Å². The molecule has 1 rings (SSSR count). The lowest BCUT2D eigenvalue weighted by Gasteiger charge is -2.35. The summed E-state index contributed by atoms with van der Waals surface area (Å²) in [5, 5.41) is 0. The molecule has 1 aromatic carbocycles. The van der Waals surface area contributed by atoms with Gasteiger partial charge in [0.05, 0.1) is 6.61 Å². The number of ether oxygens (including phenoxy) is 1. The summed E-state index contributed by atoms with van der Waals surface area (Å²) in [5.74, 6) is 0. The molecule has 4 heteroatoms. The molecule has 2 unspecified atom stereocenters. The van der Waals surface area contributed by atoms with E-state index >= 15 is 0 Å². The van der Waals surface area contributed by atoms with Gasteiger partial charge in [0.15, 0.2) is 0 Å². The average molecular weight is 315 g/mol. The first-order valence-electron chi connectivity index (χ1n) is 6.34.